The Kier molecular flexibility index (Phi) is 4.14. The number of hydrogen-bond donors (Lipinski definition) is 0. The largest absolute Gasteiger partial charge is 0.367 e. The van der Waals surface area contributed by atoms with E-state index in [1.165, 1.54) is 18.9 Å². The summed E-state index contributed by atoms with van der Waals surface area (Å²) in [5, 5.41) is 4.72. The summed E-state index contributed by atoms with van der Waals surface area (Å²) in [6.45, 7) is 4.11. The number of anilines is 1. The summed E-state index contributed by atoms with van der Waals surface area (Å²) in [4.78, 5) is 4.44. The standard InChI is InChI=1S/C17H22FN5S/c1-20-16(13-6-7-13)19-23(17(20)24)12-21-8-10-22(11-9-21)15-5-3-2-4-14(15)18/h2-5,13H,6-12H2,1H3. The van der Waals surface area contributed by atoms with Crippen molar-refractivity contribution >= 4 is 17.9 Å². The van der Waals surface area contributed by atoms with Gasteiger partial charge in [0.2, 0.25) is 0 Å². The summed E-state index contributed by atoms with van der Waals surface area (Å²) in [7, 11) is 2.01. The molecule has 2 fully saturated rings. The van der Waals surface area contributed by atoms with Gasteiger partial charge in [0.25, 0.3) is 0 Å². The van der Waals surface area contributed by atoms with E-state index >= 15 is 0 Å². The Morgan fingerprint density at radius 3 is 2.54 bits per heavy atom. The molecule has 1 aromatic carbocycles. The molecule has 5 nitrogen and oxygen atoms in total. The fraction of sp³-hybridized carbons (Fsp3) is 0.529. The van der Waals surface area contributed by atoms with Gasteiger partial charge in [-0.1, -0.05) is 12.1 Å². The minimum atomic E-state index is -0.146. The van der Waals surface area contributed by atoms with Crippen LogP contribution < -0.4 is 4.90 Å². The van der Waals surface area contributed by atoms with Crippen LogP contribution in [0.25, 0.3) is 0 Å². The van der Waals surface area contributed by atoms with Gasteiger partial charge in [-0.15, -0.1) is 0 Å². The minimum Gasteiger partial charge on any atom is -0.367 e. The van der Waals surface area contributed by atoms with Crippen molar-refractivity contribution in [1.82, 2.24) is 19.2 Å². The van der Waals surface area contributed by atoms with Crippen molar-refractivity contribution in [1.29, 1.82) is 0 Å². The maximum atomic E-state index is 13.9. The first-order chi connectivity index (χ1) is 11.6. The fourth-order valence-electron chi connectivity index (χ4n) is 3.32. The van der Waals surface area contributed by atoms with Gasteiger partial charge in [-0.2, -0.15) is 5.10 Å². The van der Waals surface area contributed by atoms with Crippen LogP contribution in [0, 0.1) is 10.6 Å². The fourth-order valence-corrected chi connectivity index (χ4v) is 3.51. The highest BCUT2D eigenvalue weighted by Crippen LogP contribution is 2.38. The average molecular weight is 347 g/mol. The second-order valence-electron chi connectivity index (χ2n) is 6.67. The van der Waals surface area contributed by atoms with E-state index in [2.05, 4.69) is 9.80 Å². The monoisotopic (exact) mass is 347 g/mol. The van der Waals surface area contributed by atoms with Gasteiger partial charge in [-0.3, -0.25) is 4.90 Å². The number of rotatable bonds is 4. The molecule has 4 rings (SSSR count). The number of halogens is 1. The Morgan fingerprint density at radius 2 is 1.88 bits per heavy atom. The molecular weight excluding hydrogens is 325 g/mol. The van der Waals surface area contributed by atoms with E-state index in [4.69, 9.17) is 17.3 Å². The molecule has 1 saturated heterocycles. The smallest absolute Gasteiger partial charge is 0.198 e. The zero-order chi connectivity index (χ0) is 16.7. The summed E-state index contributed by atoms with van der Waals surface area (Å²) in [6.07, 6.45) is 2.45. The van der Waals surface area contributed by atoms with Crippen LogP contribution in [0.15, 0.2) is 24.3 Å². The second-order valence-corrected chi connectivity index (χ2v) is 7.04. The second kappa shape index (κ2) is 6.29. The molecule has 1 aliphatic carbocycles. The average Bonchev–Trinajstić information content (AvgIpc) is 3.39. The van der Waals surface area contributed by atoms with Crippen molar-refractivity contribution in [2.75, 3.05) is 31.1 Å². The van der Waals surface area contributed by atoms with Crippen molar-refractivity contribution in [3.8, 4) is 0 Å². The van der Waals surface area contributed by atoms with Crippen LogP contribution in [0.4, 0.5) is 10.1 Å². The molecular formula is C17H22FN5S. The highest BCUT2D eigenvalue weighted by molar-refractivity contribution is 7.71. The van der Waals surface area contributed by atoms with Crippen molar-refractivity contribution in [2.45, 2.75) is 25.4 Å². The SMILES string of the molecule is Cn1c(C2CC2)nn(CN2CCN(c3ccccc3F)CC2)c1=S. The van der Waals surface area contributed by atoms with Gasteiger partial charge in [-0.25, -0.2) is 9.07 Å². The number of hydrogen-bond acceptors (Lipinski definition) is 4. The predicted molar refractivity (Wildman–Crippen MR) is 94.2 cm³/mol. The highest BCUT2D eigenvalue weighted by atomic mass is 32.1. The summed E-state index contributed by atoms with van der Waals surface area (Å²) >= 11 is 5.52. The van der Waals surface area contributed by atoms with Crippen LogP contribution in [0.3, 0.4) is 0 Å². The van der Waals surface area contributed by atoms with E-state index < -0.39 is 0 Å². The molecule has 2 heterocycles. The lowest BCUT2D eigenvalue weighted by Gasteiger charge is -2.35. The van der Waals surface area contributed by atoms with Gasteiger partial charge in [-0.05, 0) is 37.2 Å². The summed E-state index contributed by atoms with van der Waals surface area (Å²) < 4.78 is 18.7. The third kappa shape index (κ3) is 2.98. The Hall–Kier alpha value is -1.73. The van der Waals surface area contributed by atoms with E-state index in [9.17, 15) is 4.39 Å². The molecule has 0 amide bonds. The Balaban J connectivity index is 1.41. The van der Waals surface area contributed by atoms with E-state index in [-0.39, 0.29) is 5.82 Å². The summed E-state index contributed by atoms with van der Waals surface area (Å²) in [5.74, 6) is 1.56. The summed E-state index contributed by atoms with van der Waals surface area (Å²) in [6, 6.07) is 6.99. The molecule has 0 atom stereocenters. The van der Waals surface area contributed by atoms with E-state index in [0.717, 1.165) is 36.8 Å². The van der Waals surface area contributed by atoms with Crippen LogP contribution in [0.2, 0.25) is 0 Å². The molecule has 1 aliphatic heterocycles. The lowest BCUT2D eigenvalue weighted by molar-refractivity contribution is 0.193. The molecule has 0 N–H and O–H groups in total. The minimum absolute atomic E-state index is 0.146. The van der Waals surface area contributed by atoms with Crippen molar-refractivity contribution in [3.05, 3.63) is 40.7 Å². The molecule has 2 aromatic rings. The third-order valence-electron chi connectivity index (χ3n) is 4.92. The van der Waals surface area contributed by atoms with Crippen molar-refractivity contribution in [2.24, 2.45) is 7.05 Å². The maximum Gasteiger partial charge on any atom is 0.198 e. The van der Waals surface area contributed by atoms with Gasteiger partial charge in [0.05, 0.1) is 12.4 Å². The Morgan fingerprint density at radius 1 is 1.17 bits per heavy atom. The molecule has 0 spiro atoms. The van der Waals surface area contributed by atoms with Gasteiger partial charge in [0, 0.05) is 39.1 Å². The highest BCUT2D eigenvalue weighted by Gasteiger charge is 2.29. The third-order valence-corrected chi connectivity index (χ3v) is 5.40. The van der Waals surface area contributed by atoms with Crippen LogP contribution in [0.1, 0.15) is 24.6 Å². The number of benzene rings is 1. The van der Waals surface area contributed by atoms with Crippen molar-refractivity contribution in [3.63, 3.8) is 0 Å². The molecule has 1 saturated carbocycles. The predicted octanol–water partition coefficient (Wildman–Crippen LogP) is 2.75. The topological polar surface area (TPSA) is 29.2 Å². The van der Waals surface area contributed by atoms with E-state index in [0.29, 0.717) is 18.3 Å². The zero-order valence-electron chi connectivity index (χ0n) is 13.9. The first-order valence-electron chi connectivity index (χ1n) is 8.49. The number of piperazine rings is 1. The molecule has 7 heteroatoms. The maximum absolute atomic E-state index is 13.9. The van der Waals surface area contributed by atoms with Crippen LogP contribution in [-0.2, 0) is 13.7 Å². The van der Waals surface area contributed by atoms with Gasteiger partial charge >= 0.3 is 0 Å². The molecule has 0 unspecified atom stereocenters. The molecule has 24 heavy (non-hydrogen) atoms. The van der Waals surface area contributed by atoms with Gasteiger partial charge in [0.1, 0.15) is 11.6 Å². The van der Waals surface area contributed by atoms with Crippen LogP contribution in [0.5, 0.6) is 0 Å². The van der Waals surface area contributed by atoms with Crippen LogP contribution in [-0.4, -0.2) is 45.4 Å². The molecule has 128 valence electrons. The van der Waals surface area contributed by atoms with Crippen LogP contribution >= 0.6 is 12.2 Å². The van der Waals surface area contributed by atoms with E-state index in [1.807, 2.05) is 28.4 Å². The van der Waals surface area contributed by atoms with Gasteiger partial charge < -0.3 is 9.47 Å². The first-order valence-corrected chi connectivity index (χ1v) is 8.90. The molecule has 0 radical (unpaired) electrons. The zero-order valence-corrected chi connectivity index (χ0v) is 14.7. The van der Waals surface area contributed by atoms with Crippen molar-refractivity contribution < 1.29 is 4.39 Å². The normalized spacial score (nSPS) is 19.0. The molecule has 2 aliphatic rings. The number of aromatic nitrogens is 3. The number of nitrogens with zero attached hydrogens (tertiary/aromatic N) is 5. The molecule has 1 aromatic heterocycles. The summed E-state index contributed by atoms with van der Waals surface area (Å²) in [5.41, 5.74) is 0.697. The Labute approximate surface area is 146 Å². The lowest BCUT2D eigenvalue weighted by atomic mass is 10.2. The molecule has 0 bridgehead atoms. The van der Waals surface area contributed by atoms with Gasteiger partial charge in [0.15, 0.2) is 4.77 Å². The van der Waals surface area contributed by atoms with E-state index in [1.54, 1.807) is 6.07 Å². The Bertz CT molecular complexity index is 787. The first kappa shape index (κ1) is 15.8. The lowest BCUT2D eigenvalue weighted by Crippen LogP contribution is -2.47. The number of para-hydroxylation sites is 1. The quantitative estimate of drug-likeness (QED) is 0.796.